The number of H-pyrrole nitrogens is 1. The molecule has 212 valence electrons. The van der Waals surface area contributed by atoms with Gasteiger partial charge in [-0.25, -0.2) is 4.79 Å². The van der Waals surface area contributed by atoms with E-state index in [1.807, 2.05) is 91.0 Å². The summed E-state index contributed by atoms with van der Waals surface area (Å²) >= 11 is 0. The normalized spacial score (nSPS) is 23.4. The number of nitrogens with one attached hydrogen (secondary N) is 1. The van der Waals surface area contributed by atoms with Crippen LogP contribution in [0.15, 0.2) is 113 Å². The van der Waals surface area contributed by atoms with Crippen LogP contribution in [-0.2, 0) is 15.1 Å². The predicted molar refractivity (Wildman–Crippen MR) is 156 cm³/mol. The van der Waals surface area contributed by atoms with Gasteiger partial charge in [-0.05, 0) is 42.6 Å². The SMILES string of the molecule is O=c1ccn([C@@H]2O[C@H](COC(c3ccccc3)(c3ccccc3)c3ccccc3)[C@H](O)[C@H]2N2CCCCC2)c(=O)[nH]1. The Morgan fingerprint density at radius 2 is 1.34 bits per heavy atom. The van der Waals surface area contributed by atoms with E-state index in [1.54, 1.807) is 0 Å². The molecule has 8 heteroatoms. The number of nitrogens with zero attached hydrogens (tertiary/aromatic N) is 2. The van der Waals surface area contributed by atoms with Crippen LogP contribution in [0.2, 0.25) is 0 Å². The van der Waals surface area contributed by atoms with Gasteiger partial charge in [0.25, 0.3) is 5.56 Å². The van der Waals surface area contributed by atoms with E-state index >= 15 is 0 Å². The molecule has 0 saturated carbocycles. The number of aliphatic hydroxyl groups excluding tert-OH is 1. The maximum atomic E-state index is 12.8. The average molecular weight is 554 g/mol. The van der Waals surface area contributed by atoms with Crippen LogP contribution in [0.1, 0.15) is 42.2 Å². The fourth-order valence-corrected chi connectivity index (χ4v) is 6.31. The number of hydrogen-bond acceptors (Lipinski definition) is 6. The summed E-state index contributed by atoms with van der Waals surface area (Å²) in [5, 5.41) is 11.8. The van der Waals surface area contributed by atoms with Crippen LogP contribution < -0.4 is 11.2 Å². The zero-order chi connectivity index (χ0) is 28.2. The zero-order valence-corrected chi connectivity index (χ0v) is 22.8. The first-order valence-electron chi connectivity index (χ1n) is 14.3. The van der Waals surface area contributed by atoms with Crippen LogP contribution >= 0.6 is 0 Å². The first-order valence-corrected chi connectivity index (χ1v) is 14.3. The lowest BCUT2D eigenvalue weighted by atomic mass is 9.80. The molecule has 1 aromatic heterocycles. The van der Waals surface area contributed by atoms with E-state index in [2.05, 4.69) is 9.88 Å². The van der Waals surface area contributed by atoms with Crippen molar-refractivity contribution in [2.75, 3.05) is 19.7 Å². The lowest BCUT2D eigenvalue weighted by Gasteiger charge is -2.37. The van der Waals surface area contributed by atoms with Crippen molar-refractivity contribution < 1.29 is 14.6 Å². The standard InChI is InChI=1S/C33H35N3O5/c37-28-19-22-36(32(39)34-28)31-29(35-20-11-4-12-21-35)30(38)27(41-31)23-40-33(24-13-5-1-6-14-24,25-15-7-2-8-16-25)26-17-9-3-10-18-26/h1-3,5-10,13-19,22,27,29-31,38H,4,11-12,20-21,23H2,(H,34,37,39)/t27-,29-,30+,31-/m1/s1. The van der Waals surface area contributed by atoms with Crippen LogP contribution in [0, 0.1) is 0 Å². The van der Waals surface area contributed by atoms with E-state index in [9.17, 15) is 14.7 Å². The first-order chi connectivity index (χ1) is 20.1. The largest absolute Gasteiger partial charge is 0.388 e. The minimum absolute atomic E-state index is 0.0682. The topological polar surface area (TPSA) is 96.8 Å². The zero-order valence-electron chi connectivity index (χ0n) is 22.8. The third kappa shape index (κ3) is 5.31. The molecular formula is C33H35N3O5. The molecule has 0 unspecified atom stereocenters. The summed E-state index contributed by atoms with van der Waals surface area (Å²) in [7, 11) is 0. The quantitative estimate of drug-likeness (QED) is 0.324. The van der Waals surface area contributed by atoms with Gasteiger partial charge in [0, 0.05) is 12.3 Å². The first kappa shape index (κ1) is 27.4. The second-order valence-electron chi connectivity index (χ2n) is 10.8. The highest BCUT2D eigenvalue weighted by molar-refractivity contribution is 5.47. The van der Waals surface area contributed by atoms with Crippen molar-refractivity contribution in [3.8, 4) is 0 Å². The Morgan fingerprint density at radius 3 is 1.85 bits per heavy atom. The molecule has 2 fully saturated rings. The second kappa shape index (κ2) is 12.0. The molecule has 0 radical (unpaired) electrons. The monoisotopic (exact) mass is 553 g/mol. The number of aromatic nitrogens is 2. The van der Waals surface area contributed by atoms with Crippen molar-refractivity contribution >= 4 is 0 Å². The van der Waals surface area contributed by atoms with Gasteiger partial charge >= 0.3 is 5.69 Å². The smallest absolute Gasteiger partial charge is 0.330 e. The van der Waals surface area contributed by atoms with Gasteiger partial charge in [0.1, 0.15) is 17.8 Å². The van der Waals surface area contributed by atoms with Gasteiger partial charge in [-0.1, -0.05) is 97.4 Å². The van der Waals surface area contributed by atoms with Gasteiger partial charge in [-0.15, -0.1) is 0 Å². The molecule has 0 spiro atoms. The Bertz CT molecular complexity index is 1440. The van der Waals surface area contributed by atoms with Crippen LogP contribution in [-0.4, -0.2) is 57.5 Å². The summed E-state index contributed by atoms with van der Waals surface area (Å²) in [6.07, 6.45) is 2.18. The minimum Gasteiger partial charge on any atom is -0.388 e. The van der Waals surface area contributed by atoms with E-state index < -0.39 is 41.3 Å². The Labute approximate surface area is 238 Å². The van der Waals surface area contributed by atoms with Gasteiger partial charge in [0.2, 0.25) is 0 Å². The maximum Gasteiger partial charge on any atom is 0.330 e. The molecule has 3 heterocycles. The highest BCUT2D eigenvalue weighted by Crippen LogP contribution is 2.42. The Kier molecular flexibility index (Phi) is 7.98. The summed E-state index contributed by atoms with van der Waals surface area (Å²) in [5.74, 6) is 0. The Balaban J connectivity index is 1.39. The van der Waals surface area contributed by atoms with Crippen LogP contribution in [0.3, 0.4) is 0 Å². The number of piperidine rings is 1. The van der Waals surface area contributed by atoms with E-state index in [0.29, 0.717) is 0 Å². The van der Waals surface area contributed by atoms with E-state index in [-0.39, 0.29) is 6.61 Å². The van der Waals surface area contributed by atoms with E-state index in [1.165, 1.54) is 16.8 Å². The predicted octanol–water partition coefficient (Wildman–Crippen LogP) is 3.66. The van der Waals surface area contributed by atoms with Crippen molar-refractivity contribution in [2.45, 2.75) is 49.3 Å². The van der Waals surface area contributed by atoms with Gasteiger partial charge in [-0.2, -0.15) is 0 Å². The highest BCUT2D eigenvalue weighted by atomic mass is 16.6. The fourth-order valence-electron chi connectivity index (χ4n) is 6.31. The summed E-state index contributed by atoms with van der Waals surface area (Å²) in [6.45, 7) is 1.67. The molecule has 0 aliphatic carbocycles. The number of hydrogen-bond donors (Lipinski definition) is 2. The number of likely N-dealkylation sites (tertiary alicyclic amines) is 1. The minimum atomic E-state index is -0.972. The van der Waals surface area contributed by atoms with Gasteiger partial charge in [0.15, 0.2) is 6.23 Å². The summed E-state index contributed by atoms with van der Waals surface area (Å²) in [5.41, 5.74) is 0.839. The maximum absolute atomic E-state index is 12.8. The van der Waals surface area contributed by atoms with Crippen molar-refractivity contribution in [3.63, 3.8) is 0 Å². The third-order valence-corrected chi connectivity index (χ3v) is 8.28. The van der Waals surface area contributed by atoms with Crippen molar-refractivity contribution in [3.05, 3.63) is 141 Å². The Morgan fingerprint density at radius 1 is 0.805 bits per heavy atom. The molecule has 2 N–H and O–H groups in total. The molecule has 3 aromatic carbocycles. The van der Waals surface area contributed by atoms with Crippen LogP contribution in [0.5, 0.6) is 0 Å². The second-order valence-corrected chi connectivity index (χ2v) is 10.8. The molecule has 4 atom stereocenters. The molecule has 0 bridgehead atoms. The van der Waals surface area contributed by atoms with E-state index in [0.717, 1.165) is 49.0 Å². The van der Waals surface area contributed by atoms with E-state index in [4.69, 9.17) is 9.47 Å². The molecule has 6 rings (SSSR count). The molecule has 0 amide bonds. The van der Waals surface area contributed by atoms with Gasteiger partial charge in [-0.3, -0.25) is 19.2 Å². The lowest BCUT2D eigenvalue weighted by Crippen LogP contribution is -2.50. The molecule has 2 aliphatic rings. The Hall–Kier alpha value is -3.82. The summed E-state index contributed by atoms with van der Waals surface area (Å²) in [6, 6.07) is 31.0. The summed E-state index contributed by atoms with van der Waals surface area (Å²) < 4.78 is 14.8. The summed E-state index contributed by atoms with van der Waals surface area (Å²) in [4.78, 5) is 29.2. The average Bonchev–Trinajstić information content (AvgIpc) is 3.35. The van der Waals surface area contributed by atoms with Crippen molar-refractivity contribution in [1.29, 1.82) is 0 Å². The number of ether oxygens (including phenoxy) is 2. The highest BCUT2D eigenvalue weighted by Gasteiger charge is 2.49. The van der Waals surface area contributed by atoms with Crippen LogP contribution in [0.25, 0.3) is 0 Å². The molecule has 8 nitrogen and oxygen atoms in total. The van der Waals surface area contributed by atoms with Gasteiger partial charge < -0.3 is 14.6 Å². The molecule has 41 heavy (non-hydrogen) atoms. The number of aliphatic hydroxyl groups is 1. The van der Waals surface area contributed by atoms with Crippen LogP contribution in [0.4, 0.5) is 0 Å². The number of aromatic amines is 1. The van der Waals surface area contributed by atoms with Crippen molar-refractivity contribution in [2.24, 2.45) is 0 Å². The number of benzene rings is 3. The van der Waals surface area contributed by atoms with Gasteiger partial charge in [0.05, 0.1) is 12.6 Å². The lowest BCUT2D eigenvalue weighted by molar-refractivity contribution is -0.0953. The fraction of sp³-hybridized carbons (Fsp3) is 0.333. The van der Waals surface area contributed by atoms with Crippen molar-refractivity contribution in [1.82, 2.24) is 14.5 Å². The molecule has 2 saturated heterocycles. The number of rotatable bonds is 8. The molecule has 4 aromatic rings. The third-order valence-electron chi connectivity index (χ3n) is 8.28. The molecular weight excluding hydrogens is 518 g/mol. The molecule has 2 aliphatic heterocycles.